The summed E-state index contributed by atoms with van der Waals surface area (Å²) in [6.07, 6.45) is 2.30. The number of carbonyl (C=O) groups excluding carboxylic acids is 1. The van der Waals surface area contributed by atoms with Crippen LogP contribution in [0.4, 0.5) is 4.39 Å². The molecule has 0 unspecified atom stereocenters. The first-order valence-electron chi connectivity index (χ1n) is 6.65. The topological polar surface area (TPSA) is 75.6 Å². The lowest BCUT2D eigenvalue weighted by Gasteiger charge is -2.21. The second-order valence-corrected chi connectivity index (χ2v) is 5.15. The maximum absolute atomic E-state index is 13.5. The monoisotopic (exact) mass is 291 g/mol. The third-order valence-electron chi connectivity index (χ3n) is 3.90. The fraction of sp³-hybridized carbons (Fsp3) is 0.333. The van der Waals surface area contributed by atoms with Crippen molar-refractivity contribution >= 4 is 11.9 Å². The van der Waals surface area contributed by atoms with Gasteiger partial charge < -0.3 is 15.2 Å². The Hall–Kier alpha value is -2.21. The number of nitrogens with one attached hydrogen (secondary N) is 1. The molecule has 110 valence electrons. The number of aliphatic carboxylic acids is 1. The highest BCUT2D eigenvalue weighted by Crippen LogP contribution is 2.39. The van der Waals surface area contributed by atoms with E-state index in [1.807, 2.05) is 0 Å². The molecular formula is C15H14FNO4. The van der Waals surface area contributed by atoms with E-state index in [4.69, 9.17) is 4.74 Å². The second kappa shape index (κ2) is 5.29. The molecule has 0 aliphatic carbocycles. The fourth-order valence-electron chi connectivity index (χ4n) is 2.86. The van der Waals surface area contributed by atoms with Crippen molar-refractivity contribution in [2.24, 2.45) is 11.8 Å². The minimum atomic E-state index is -1.06. The van der Waals surface area contributed by atoms with E-state index in [1.54, 1.807) is 30.4 Å². The lowest BCUT2D eigenvalue weighted by atomic mass is 9.82. The Morgan fingerprint density at radius 2 is 1.86 bits per heavy atom. The maximum atomic E-state index is 13.5. The third kappa shape index (κ3) is 2.42. The van der Waals surface area contributed by atoms with Gasteiger partial charge in [-0.05, 0) is 6.07 Å². The number of carbonyl (C=O) groups is 2. The Morgan fingerprint density at radius 3 is 2.52 bits per heavy atom. The average molecular weight is 291 g/mol. The molecule has 0 spiro atoms. The van der Waals surface area contributed by atoms with Crippen LogP contribution >= 0.6 is 0 Å². The van der Waals surface area contributed by atoms with Crippen molar-refractivity contribution < 1.29 is 23.8 Å². The van der Waals surface area contributed by atoms with Crippen LogP contribution in [0.1, 0.15) is 5.56 Å². The van der Waals surface area contributed by atoms with Gasteiger partial charge in [-0.3, -0.25) is 9.59 Å². The Balaban J connectivity index is 1.69. The van der Waals surface area contributed by atoms with E-state index in [2.05, 4.69) is 5.32 Å². The van der Waals surface area contributed by atoms with Gasteiger partial charge in [-0.15, -0.1) is 0 Å². The van der Waals surface area contributed by atoms with Crippen LogP contribution < -0.4 is 5.32 Å². The molecular weight excluding hydrogens is 277 g/mol. The fourth-order valence-corrected chi connectivity index (χ4v) is 2.86. The number of hydrogen-bond donors (Lipinski definition) is 2. The van der Waals surface area contributed by atoms with Gasteiger partial charge in [0.1, 0.15) is 11.7 Å². The summed E-state index contributed by atoms with van der Waals surface area (Å²) >= 11 is 0. The molecule has 2 heterocycles. The summed E-state index contributed by atoms with van der Waals surface area (Å²) in [5.41, 5.74) is 0.359. The highest BCUT2D eigenvalue weighted by atomic mass is 19.1. The first-order chi connectivity index (χ1) is 10.1. The zero-order valence-electron chi connectivity index (χ0n) is 11.0. The number of carboxylic acid groups (broad SMARTS) is 1. The summed E-state index contributed by atoms with van der Waals surface area (Å²) < 4.78 is 18.9. The summed E-state index contributed by atoms with van der Waals surface area (Å²) in [6, 6.07) is 6.12. The van der Waals surface area contributed by atoms with Crippen LogP contribution in [0.3, 0.4) is 0 Å². The quantitative estimate of drug-likeness (QED) is 0.814. The van der Waals surface area contributed by atoms with Crippen molar-refractivity contribution in [3.05, 3.63) is 47.8 Å². The predicted molar refractivity (Wildman–Crippen MR) is 70.7 cm³/mol. The molecule has 2 bridgehead atoms. The van der Waals surface area contributed by atoms with Gasteiger partial charge in [0.05, 0.1) is 18.1 Å². The Morgan fingerprint density at radius 1 is 1.19 bits per heavy atom. The largest absolute Gasteiger partial charge is 0.481 e. The van der Waals surface area contributed by atoms with Crippen molar-refractivity contribution in [2.75, 3.05) is 0 Å². The van der Waals surface area contributed by atoms with Crippen LogP contribution in [-0.2, 0) is 20.9 Å². The number of fused-ring (bicyclic) bond motifs is 2. The summed E-state index contributed by atoms with van der Waals surface area (Å²) in [5, 5.41) is 11.8. The van der Waals surface area contributed by atoms with E-state index >= 15 is 0 Å². The minimum absolute atomic E-state index is 0.0233. The summed E-state index contributed by atoms with van der Waals surface area (Å²) in [6.45, 7) is 0.0233. The molecule has 0 aromatic heterocycles. The Kier molecular flexibility index (Phi) is 3.47. The van der Waals surface area contributed by atoms with Gasteiger partial charge in [-0.2, -0.15) is 0 Å². The lowest BCUT2D eigenvalue weighted by molar-refractivity contribution is -0.146. The maximum Gasteiger partial charge on any atom is 0.310 e. The molecule has 2 N–H and O–H groups in total. The van der Waals surface area contributed by atoms with Crippen molar-refractivity contribution in [3.63, 3.8) is 0 Å². The molecule has 0 saturated carbocycles. The number of carboxylic acids is 1. The SMILES string of the molecule is O=C(NCc1ccccc1F)[C@@H]1[C@H](C(=O)O)[C@@H]2C=C[C@H]1O2. The molecule has 5 nitrogen and oxygen atoms in total. The number of benzene rings is 1. The highest BCUT2D eigenvalue weighted by Gasteiger charge is 2.53. The van der Waals surface area contributed by atoms with Gasteiger partial charge in [0.2, 0.25) is 5.91 Å². The molecule has 2 aliphatic heterocycles. The van der Waals surface area contributed by atoms with Crippen molar-refractivity contribution in [1.82, 2.24) is 5.32 Å². The molecule has 21 heavy (non-hydrogen) atoms. The number of rotatable bonds is 4. The summed E-state index contributed by atoms with van der Waals surface area (Å²) in [7, 11) is 0. The molecule has 4 atom stereocenters. The van der Waals surface area contributed by atoms with E-state index in [0.717, 1.165) is 0 Å². The molecule has 1 aromatic carbocycles. The number of hydrogen-bond acceptors (Lipinski definition) is 3. The zero-order chi connectivity index (χ0) is 15.0. The van der Waals surface area contributed by atoms with Crippen LogP contribution in [0, 0.1) is 17.7 Å². The molecule has 6 heteroatoms. The Bertz CT molecular complexity index is 615. The van der Waals surface area contributed by atoms with Crippen LogP contribution in [0.5, 0.6) is 0 Å². The van der Waals surface area contributed by atoms with Crippen LogP contribution in [0.2, 0.25) is 0 Å². The molecule has 1 aromatic rings. The van der Waals surface area contributed by atoms with Gasteiger partial charge in [-0.25, -0.2) is 4.39 Å². The summed E-state index contributed by atoms with van der Waals surface area (Å²) in [5.74, 6) is -3.55. The van der Waals surface area contributed by atoms with E-state index in [9.17, 15) is 19.1 Å². The number of ether oxygens (including phenoxy) is 1. The van der Waals surface area contributed by atoms with Gasteiger partial charge in [0, 0.05) is 12.1 Å². The van der Waals surface area contributed by atoms with Gasteiger partial charge >= 0.3 is 5.97 Å². The van der Waals surface area contributed by atoms with Gasteiger partial charge in [-0.1, -0.05) is 30.4 Å². The first-order valence-corrected chi connectivity index (χ1v) is 6.65. The molecule has 3 rings (SSSR count). The standard InChI is InChI=1S/C15H14FNO4/c16-9-4-2-1-3-8(9)7-17-14(18)12-10-5-6-11(21-10)13(12)15(19)20/h1-6,10-13H,7H2,(H,17,18)(H,19,20)/t10-,11+,12+,13-/m1/s1. The molecule has 1 fully saturated rings. The summed E-state index contributed by atoms with van der Waals surface area (Å²) in [4.78, 5) is 23.5. The Labute approximate surface area is 120 Å². The second-order valence-electron chi connectivity index (χ2n) is 5.15. The third-order valence-corrected chi connectivity index (χ3v) is 3.90. The van der Waals surface area contributed by atoms with Crippen LogP contribution in [-0.4, -0.2) is 29.2 Å². The van der Waals surface area contributed by atoms with E-state index in [1.165, 1.54) is 6.07 Å². The highest BCUT2D eigenvalue weighted by molar-refractivity contribution is 5.87. The van der Waals surface area contributed by atoms with Gasteiger partial charge in [0.25, 0.3) is 0 Å². The lowest BCUT2D eigenvalue weighted by Crippen LogP contribution is -2.42. The van der Waals surface area contributed by atoms with E-state index in [0.29, 0.717) is 5.56 Å². The van der Waals surface area contributed by atoms with E-state index in [-0.39, 0.29) is 6.54 Å². The molecule has 1 amide bonds. The van der Waals surface area contributed by atoms with Gasteiger partial charge in [0.15, 0.2) is 0 Å². The van der Waals surface area contributed by atoms with E-state index < -0.39 is 41.7 Å². The molecule has 0 radical (unpaired) electrons. The first kappa shape index (κ1) is 13.8. The van der Waals surface area contributed by atoms with Crippen LogP contribution in [0.25, 0.3) is 0 Å². The van der Waals surface area contributed by atoms with Crippen molar-refractivity contribution in [2.45, 2.75) is 18.8 Å². The molecule has 1 saturated heterocycles. The van der Waals surface area contributed by atoms with Crippen molar-refractivity contribution in [1.29, 1.82) is 0 Å². The molecule has 2 aliphatic rings. The smallest absolute Gasteiger partial charge is 0.310 e. The number of amides is 1. The average Bonchev–Trinajstić information content (AvgIpc) is 3.06. The minimum Gasteiger partial charge on any atom is -0.481 e. The van der Waals surface area contributed by atoms with Crippen molar-refractivity contribution in [3.8, 4) is 0 Å². The zero-order valence-corrected chi connectivity index (χ0v) is 11.0. The number of halogens is 1. The van der Waals surface area contributed by atoms with Crippen LogP contribution in [0.15, 0.2) is 36.4 Å². The predicted octanol–water partition coefficient (Wildman–Crippen LogP) is 1.10. The normalized spacial score (nSPS) is 29.6.